The van der Waals surface area contributed by atoms with Crippen molar-refractivity contribution >= 4 is 57.9 Å². The number of carboxylic acid groups (broad SMARTS) is 1. The molecule has 1 aromatic carbocycles. The number of nitrogens with two attached hydrogens (primary N) is 2. The minimum atomic E-state index is -1.07. The van der Waals surface area contributed by atoms with E-state index in [4.69, 9.17) is 26.0 Å². The smallest absolute Gasteiger partial charge is 0.321 e. The molecule has 0 aliphatic rings. The van der Waals surface area contributed by atoms with E-state index < -0.39 is 35.0 Å². The average molecular weight is 792 g/mol. The number of hydrogen-bond donors (Lipinski definition) is 8. The second-order valence-corrected chi connectivity index (χ2v) is 13.0. The quantitative estimate of drug-likeness (QED) is 0.0335. The lowest BCUT2D eigenvalue weighted by Crippen LogP contribution is -2.56. The number of carboxylic acids is 1. The third-order valence-corrected chi connectivity index (χ3v) is 8.36. The molecule has 0 spiro atoms. The lowest BCUT2D eigenvalue weighted by Gasteiger charge is -2.29. The molecule has 0 bridgehead atoms. The molecule has 1 rings (SSSR count). The van der Waals surface area contributed by atoms with Gasteiger partial charge in [-0.1, -0.05) is 0 Å². The predicted molar refractivity (Wildman–Crippen MR) is 192 cm³/mol. The zero-order valence-electron chi connectivity index (χ0n) is 28.5. The number of ether oxygens (including phenoxy) is 2. The number of halogens is 1. The number of ketones is 2. The Kier molecular flexibility index (Phi) is 20.6. The number of Topliss-reactive ketones (excluding diaryl/α,β-unsaturated/α-hetero) is 2. The van der Waals surface area contributed by atoms with Gasteiger partial charge in [0.1, 0.15) is 12.6 Å². The summed E-state index contributed by atoms with van der Waals surface area (Å²) in [6.07, 6.45) is 1.93. The maximum absolute atomic E-state index is 12.8. The number of amides is 2. The zero-order valence-corrected chi connectivity index (χ0v) is 30.7. The third-order valence-electron chi connectivity index (χ3n) is 7.61. The van der Waals surface area contributed by atoms with Gasteiger partial charge in [-0.25, -0.2) is 3.53 Å². The number of unbranched alkanes of at least 4 members (excludes halogenated alkanes) is 1. The monoisotopic (exact) mass is 791 g/mol. The van der Waals surface area contributed by atoms with Crippen LogP contribution in [0, 0.1) is 0 Å². The van der Waals surface area contributed by atoms with E-state index >= 15 is 0 Å². The van der Waals surface area contributed by atoms with Crippen LogP contribution in [0.25, 0.3) is 0 Å². The highest BCUT2D eigenvalue weighted by atomic mass is 127. The first-order valence-electron chi connectivity index (χ1n) is 16.1. The number of carbonyl (C=O) groups excluding carboxylic acids is 4. The van der Waals surface area contributed by atoms with Gasteiger partial charge in [0, 0.05) is 66.7 Å². The fourth-order valence-electron chi connectivity index (χ4n) is 4.45. The number of carbonyl (C=O) groups is 5. The fourth-order valence-corrected chi connectivity index (χ4v) is 5.02. The van der Waals surface area contributed by atoms with Crippen molar-refractivity contribution in [1.82, 2.24) is 19.5 Å². The van der Waals surface area contributed by atoms with Crippen LogP contribution in [0.5, 0.6) is 0 Å². The Bertz CT molecular complexity index is 1170. The van der Waals surface area contributed by atoms with Crippen LogP contribution in [0.15, 0.2) is 24.3 Å². The Balaban J connectivity index is 2.29. The van der Waals surface area contributed by atoms with E-state index in [2.05, 4.69) is 24.8 Å². The van der Waals surface area contributed by atoms with Crippen molar-refractivity contribution < 1.29 is 38.6 Å². The second kappa shape index (κ2) is 22.8. The SMILES string of the molecule is CC(C)(NCCOCCOCC(=O)C(C)(C)NC(CCCCNC(=O)c1ccc(NCCN)cc1)C(N)=O)C(=O)CCC(NI)C(=O)O. The number of aliphatic carboxylic acids is 1. The molecule has 2 unspecified atom stereocenters. The van der Waals surface area contributed by atoms with E-state index in [0.29, 0.717) is 57.6 Å². The average Bonchev–Trinajstić information content (AvgIpc) is 3.04. The topological polar surface area (TPSA) is 236 Å². The van der Waals surface area contributed by atoms with Gasteiger partial charge in [-0.15, -0.1) is 0 Å². The molecule has 10 N–H and O–H groups in total. The molecule has 16 heteroatoms. The van der Waals surface area contributed by atoms with Crippen LogP contribution in [-0.4, -0.2) is 110 Å². The Morgan fingerprint density at radius 3 is 2.12 bits per heavy atom. The largest absolute Gasteiger partial charge is 0.480 e. The van der Waals surface area contributed by atoms with Crippen LogP contribution < -0.4 is 36.3 Å². The summed E-state index contributed by atoms with van der Waals surface area (Å²) in [4.78, 5) is 61.0. The zero-order chi connectivity index (χ0) is 36.2. The Morgan fingerprint density at radius 2 is 1.52 bits per heavy atom. The van der Waals surface area contributed by atoms with Gasteiger partial charge in [0.25, 0.3) is 5.91 Å². The number of anilines is 1. The number of rotatable bonds is 28. The van der Waals surface area contributed by atoms with E-state index in [1.807, 2.05) is 12.1 Å². The van der Waals surface area contributed by atoms with Gasteiger partial charge >= 0.3 is 5.97 Å². The van der Waals surface area contributed by atoms with Gasteiger partial charge in [-0.3, -0.25) is 29.3 Å². The molecule has 0 saturated heterocycles. The molecule has 0 aliphatic heterocycles. The summed E-state index contributed by atoms with van der Waals surface area (Å²) < 4.78 is 13.7. The lowest BCUT2D eigenvalue weighted by atomic mass is 9.94. The van der Waals surface area contributed by atoms with Gasteiger partial charge in [0.2, 0.25) is 5.91 Å². The molecule has 0 aromatic heterocycles. The second-order valence-electron chi connectivity index (χ2n) is 12.4. The normalized spacial score (nSPS) is 13.0. The van der Waals surface area contributed by atoms with E-state index in [0.717, 1.165) is 5.69 Å². The van der Waals surface area contributed by atoms with E-state index in [9.17, 15) is 24.0 Å². The van der Waals surface area contributed by atoms with Gasteiger partial charge in [0.05, 0.1) is 36.9 Å². The summed E-state index contributed by atoms with van der Waals surface area (Å²) in [5, 5.41) is 21.3. The van der Waals surface area contributed by atoms with Crippen LogP contribution >= 0.6 is 22.9 Å². The fraction of sp³-hybridized carbons (Fsp3) is 0.656. The summed E-state index contributed by atoms with van der Waals surface area (Å²) in [6, 6.07) is 5.58. The van der Waals surface area contributed by atoms with Crippen molar-refractivity contribution in [1.29, 1.82) is 0 Å². The highest BCUT2D eigenvalue weighted by Crippen LogP contribution is 2.13. The first kappa shape index (κ1) is 43.3. The van der Waals surface area contributed by atoms with Crippen LogP contribution in [-0.2, 0) is 28.7 Å². The first-order chi connectivity index (χ1) is 22.6. The Hall–Kier alpha value is -2.74. The summed E-state index contributed by atoms with van der Waals surface area (Å²) >= 11 is 1.76. The van der Waals surface area contributed by atoms with Gasteiger partial charge < -0.3 is 42.0 Å². The molecule has 272 valence electrons. The molecule has 48 heavy (non-hydrogen) atoms. The maximum atomic E-state index is 12.8. The molecular weight excluding hydrogens is 737 g/mol. The maximum Gasteiger partial charge on any atom is 0.321 e. The molecule has 0 fully saturated rings. The lowest BCUT2D eigenvalue weighted by molar-refractivity contribution is -0.139. The minimum Gasteiger partial charge on any atom is -0.480 e. The summed E-state index contributed by atoms with van der Waals surface area (Å²) in [7, 11) is 0. The van der Waals surface area contributed by atoms with E-state index in [1.165, 1.54) is 0 Å². The molecule has 2 atom stereocenters. The highest BCUT2D eigenvalue weighted by molar-refractivity contribution is 14.1. The van der Waals surface area contributed by atoms with Gasteiger partial charge in [0.15, 0.2) is 11.6 Å². The molecule has 0 aliphatic carbocycles. The minimum absolute atomic E-state index is 0.101. The van der Waals surface area contributed by atoms with Gasteiger partial charge in [-0.2, -0.15) is 0 Å². The van der Waals surface area contributed by atoms with Crippen LogP contribution in [0.1, 0.15) is 70.2 Å². The van der Waals surface area contributed by atoms with Crippen molar-refractivity contribution in [3.63, 3.8) is 0 Å². The van der Waals surface area contributed by atoms with Crippen molar-refractivity contribution in [2.45, 2.75) is 83.0 Å². The summed E-state index contributed by atoms with van der Waals surface area (Å²) in [5.41, 5.74) is 10.6. The number of benzene rings is 1. The van der Waals surface area contributed by atoms with Crippen molar-refractivity contribution in [2.24, 2.45) is 11.5 Å². The standard InChI is InChI=1S/C32H54IN7O8/c1-31(2,26(41)13-12-25(40-33)30(45)46)38-17-18-47-19-20-48-21-27(42)32(3,4)39-24(28(35)43)7-5-6-15-37-29(44)22-8-10-23(11-9-22)36-16-14-34/h8-11,24-25,36,38-40H,5-7,12-21,34H2,1-4H3,(H2,35,43)(H,37,44)(H,45,46). The number of primary amides is 1. The molecular formula is C32H54IN7O8. The van der Waals surface area contributed by atoms with Crippen molar-refractivity contribution in [3.8, 4) is 0 Å². The Morgan fingerprint density at radius 1 is 0.854 bits per heavy atom. The molecule has 2 amide bonds. The predicted octanol–water partition coefficient (Wildman–Crippen LogP) is 0.892. The summed E-state index contributed by atoms with van der Waals surface area (Å²) in [6.45, 7) is 9.30. The number of hydrogen-bond acceptors (Lipinski definition) is 12. The van der Waals surface area contributed by atoms with Crippen molar-refractivity contribution in [2.75, 3.05) is 57.9 Å². The molecule has 0 heterocycles. The van der Waals surface area contributed by atoms with Gasteiger partial charge in [-0.05, 0) is 77.6 Å². The molecule has 0 saturated carbocycles. The van der Waals surface area contributed by atoms with Crippen LogP contribution in [0.3, 0.4) is 0 Å². The Labute approximate surface area is 297 Å². The van der Waals surface area contributed by atoms with E-state index in [-0.39, 0.29) is 50.1 Å². The summed E-state index contributed by atoms with van der Waals surface area (Å²) in [5.74, 6) is -2.12. The van der Waals surface area contributed by atoms with Crippen LogP contribution in [0.2, 0.25) is 0 Å². The van der Waals surface area contributed by atoms with Crippen LogP contribution in [0.4, 0.5) is 5.69 Å². The molecule has 15 nitrogen and oxygen atoms in total. The molecule has 1 aromatic rings. The third kappa shape index (κ3) is 17.1. The molecule has 0 radical (unpaired) electrons. The first-order valence-corrected chi connectivity index (χ1v) is 17.2. The highest BCUT2D eigenvalue weighted by Gasteiger charge is 2.32. The van der Waals surface area contributed by atoms with E-state index in [1.54, 1.807) is 62.7 Å². The number of nitrogens with one attached hydrogen (secondary N) is 5. The van der Waals surface area contributed by atoms with Crippen molar-refractivity contribution in [3.05, 3.63) is 29.8 Å².